The highest BCUT2D eigenvalue weighted by molar-refractivity contribution is 6.66. The molecular weight excluding hydrogens is 331 g/mol. The number of benzene rings is 4. The van der Waals surface area contributed by atoms with E-state index in [-0.39, 0.29) is 18.3 Å². The molecule has 4 aromatic rings. The maximum absolute atomic E-state index is 6.40. The number of rotatable bonds is 1. The van der Waals surface area contributed by atoms with E-state index in [1.54, 1.807) is 0 Å². The van der Waals surface area contributed by atoms with Crippen molar-refractivity contribution in [2.45, 2.75) is 38.9 Å². The third kappa shape index (κ3) is 2.42. The lowest BCUT2D eigenvalue weighted by molar-refractivity contribution is 0.00578. The van der Waals surface area contributed by atoms with Gasteiger partial charge in [0.2, 0.25) is 0 Å². The van der Waals surface area contributed by atoms with Crippen molar-refractivity contribution < 1.29 is 9.31 Å². The Kier molecular flexibility index (Phi) is 3.47. The fourth-order valence-electron chi connectivity index (χ4n) is 4.05. The van der Waals surface area contributed by atoms with Crippen LogP contribution in [0.15, 0.2) is 66.7 Å². The van der Waals surface area contributed by atoms with Crippen molar-refractivity contribution in [1.29, 1.82) is 0 Å². The lowest BCUT2D eigenvalue weighted by Crippen LogP contribution is -2.41. The van der Waals surface area contributed by atoms with Gasteiger partial charge in [-0.15, -0.1) is 0 Å². The molecule has 1 aliphatic rings. The molecule has 3 heteroatoms. The van der Waals surface area contributed by atoms with Gasteiger partial charge in [-0.3, -0.25) is 0 Å². The molecule has 0 radical (unpaired) electrons. The molecule has 0 amide bonds. The van der Waals surface area contributed by atoms with Gasteiger partial charge in [-0.25, -0.2) is 0 Å². The summed E-state index contributed by atoms with van der Waals surface area (Å²) in [6.45, 7) is 8.41. The molecule has 5 rings (SSSR count). The molecule has 1 aliphatic heterocycles. The van der Waals surface area contributed by atoms with E-state index < -0.39 is 0 Å². The average Bonchev–Trinajstić information content (AvgIpc) is 2.88. The smallest absolute Gasteiger partial charge is 0.399 e. The van der Waals surface area contributed by atoms with E-state index in [4.69, 9.17) is 9.31 Å². The van der Waals surface area contributed by atoms with Crippen LogP contribution in [0.4, 0.5) is 0 Å². The van der Waals surface area contributed by atoms with Crippen molar-refractivity contribution in [3.8, 4) is 0 Å². The molecule has 0 bridgehead atoms. The van der Waals surface area contributed by atoms with Gasteiger partial charge in [0.15, 0.2) is 0 Å². The summed E-state index contributed by atoms with van der Waals surface area (Å²) in [5.41, 5.74) is 0.395. The van der Waals surface area contributed by atoms with E-state index in [0.717, 1.165) is 5.46 Å². The molecule has 0 spiro atoms. The SMILES string of the molecule is CC1(C)OB(c2cc3c4ccccc4ccc3c3ccccc23)OC1(C)C. The fourth-order valence-corrected chi connectivity index (χ4v) is 4.05. The highest BCUT2D eigenvalue weighted by Gasteiger charge is 2.52. The second-order valence-corrected chi connectivity index (χ2v) is 8.48. The molecule has 27 heavy (non-hydrogen) atoms. The van der Waals surface area contributed by atoms with Gasteiger partial charge >= 0.3 is 7.12 Å². The third-order valence-electron chi connectivity index (χ3n) is 6.31. The Hall–Kier alpha value is -2.36. The van der Waals surface area contributed by atoms with Crippen molar-refractivity contribution in [2.24, 2.45) is 0 Å². The minimum Gasteiger partial charge on any atom is -0.399 e. The van der Waals surface area contributed by atoms with Crippen molar-refractivity contribution in [3.05, 3.63) is 66.7 Å². The maximum atomic E-state index is 6.40. The zero-order valence-corrected chi connectivity index (χ0v) is 16.2. The first-order chi connectivity index (χ1) is 12.9. The minimum absolute atomic E-state index is 0.355. The third-order valence-corrected chi connectivity index (χ3v) is 6.31. The van der Waals surface area contributed by atoms with Crippen LogP contribution in [0.3, 0.4) is 0 Å². The van der Waals surface area contributed by atoms with Crippen LogP contribution >= 0.6 is 0 Å². The van der Waals surface area contributed by atoms with Gasteiger partial charge in [0.25, 0.3) is 0 Å². The molecule has 0 aliphatic carbocycles. The Bertz CT molecular complexity index is 1180. The monoisotopic (exact) mass is 354 g/mol. The van der Waals surface area contributed by atoms with Crippen LogP contribution in [-0.4, -0.2) is 18.3 Å². The predicted octanol–water partition coefficient (Wildman–Crippen LogP) is 5.45. The topological polar surface area (TPSA) is 18.5 Å². The second kappa shape index (κ2) is 5.57. The molecule has 134 valence electrons. The quantitative estimate of drug-likeness (QED) is 0.334. The Morgan fingerprint density at radius 3 is 1.85 bits per heavy atom. The van der Waals surface area contributed by atoms with Gasteiger partial charge in [0.1, 0.15) is 0 Å². The second-order valence-electron chi connectivity index (χ2n) is 8.48. The minimum atomic E-state index is -0.372. The average molecular weight is 354 g/mol. The van der Waals surface area contributed by atoms with Gasteiger partial charge in [0, 0.05) is 0 Å². The van der Waals surface area contributed by atoms with E-state index in [9.17, 15) is 0 Å². The maximum Gasteiger partial charge on any atom is 0.495 e. The van der Waals surface area contributed by atoms with Crippen molar-refractivity contribution in [3.63, 3.8) is 0 Å². The summed E-state index contributed by atoms with van der Waals surface area (Å²) in [5, 5.41) is 7.46. The molecule has 4 aromatic carbocycles. The Balaban J connectivity index is 1.85. The predicted molar refractivity (Wildman–Crippen MR) is 115 cm³/mol. The summed E-state index contributed by atoms with van der Waals surface area (Å²) in [7, 11) is -0.372. The highest BCUT2D eigenvalue weighted by atomic mass is 16.7. The molecule has 1 heterocycles. The van der Waals surface area contributed by atoms with Gasteiger partial charge < -0.3 is 9.31 Å². The highest BCUT2D eigenvalue weighted by Crippen LogP contribution is 2.38. The molecule has 1 saturated heterocycles. The van der Waals surface area contributed by atoms with E-state index in [0.29, 0.717) is 0 Å². The summed E-state index contributed by atoms with van der Waals surface area (Å²) in [5.74, 6) is 0. The standard InChI is InChI=1S/C24H23BO2/c1-23(2)24(3,4)27-25(26-23)22-15-21-17-10-6-5-9-16(17)13-14-19(21)18-11-7-8-12-20(18)22/h5-15H,1-4H3. The van der Waals surface area contributed by atoms with E-state index in [1.165, 1.54) is 32.3 Å². The molecular formula is C24H23BO2. The van der Waals surface area contributed by atoms with Crippen LogP contribution in [0.5, 0.6) is 0 Å². The van der Waals surface area contributed by atoms with Gasteiger partial charge in [-0.05, 0) is 65.5 Å². The van der Waals surface area contributed by atoms with Gasteiger partial charge in [0.05, 0.1) is 11.2 Å². The van der Waals surface area contributed by atoms with Crippen LogP contribution in [-0.2, 0) is 9.31 Å². The van der Waals surface area contributed by atoms with Gasteiger partial charge in [-0.2, -0.15) is 0 Å². The largest absolute Gasteiger partial charge is 0.495 e. The molecule has 0 unspecified atom stereocenters. The normalized spacial score (nSPS) is 18.6. The van der Waals surface area contributed by atoms with Crippen molar-refractivity contribution >= 4 is 44.9 Å². The number of hydrogen-bond donors (Lipinski definition) is 0. The first kappa shape index (κ1) is 16.8. The summed E-state index contributed by atoms with van der Waals surface area (Å²) in [4.78, 5) is 0. The van der Waals surface area contributed by atoms with Crippen LogP contribution in [0.2, 0.25) is 0 Å². The van der Waals surface area contributed by atoms with E-state index in [2.05, 4.69) is 94.4 Å². The van der Waals surface area contributed by atoms with Crippen LogP contribution in [0.1, 0.15) is 27.7 Å². The Morgan fingerprint density at radius 2 is 1.15 bits per heavy atom. The molecule has 2 nitrogen and oxygen atoms in total. The van der Waals surface area contributed by atoms with Crippen LogP contribution < -0.4 is 5.46 Å². The number of hydrogen-bond acceptors (Lipinski definition) is 2. The molecule has 0 atom stereocenters. The summed E-state index contributed by atoms with van der Waals surface area (Å²) >= 11 is 0. The zero-order chi connectivity index (χ0) is 18.8. The summed E-state index contributed by atoms with van der Waals surface area (Å²) < 4.78 is 12.8. The molecule has 0 aromatic heterocycles. The first-order valence-corrected chi connectivity index (χ1v) is 9.56. The van der Waals surface area contributed by atoms with E-state index in [1.807, 2.05) is 0 Å². The zero-order valence-electron chi connectivity index (χ0n) is 16.2. The Morgan fingerprint density at radius 1 is 0.593 bits per heavy atom. The molecule has 1 fully saturated rings. The summed E-state index contributed by atoms with van der Waals surface area (Å²) in [6, 6.07) is 23.8. The first-order valence-electron chi connectivity index (χ1n) is 9.56. The number of fused-ring (bicyclic) bond motifs is 5. The lowest BCUT2D eigenvalue weighted by Gasteiger charge is -2.32. The van der Waals surface area contributed by atoms with Crippen molar-refractivity contribution in [2.75, 3.05) is 0 Å². The molecule has 0 N–H and O–H groups in total. The van der Waals surface area contributed by atoms with Crippen LogP contribution in [0.25, 0.3) is 32.3 Å². The molecule has 0 saturated carbocycles. The lowest BCUT2D eigenvalue weighted by atomic mass is 9.74. The Labute approximate surface area is 160 Å². The van der Waals surface area contributed by atoms with Gasteiger partial charge in [-0.1, -0.05) is 66.7 Å². The van der Waals surface area contributed by atoms with Crippen molar-refractivity contribution in [1.82, 2.24) is 0 Å². The fraction of sp³-hybridized carbons (Fsp3) is 0.250. The van der Waals surface area contributed by atoms with E-state index >= 15 is 0 Å². The van der Waals surface area contributed by atoms with Crippen LogP contribution in [0, 0.1) is 0 Å². The summed E-state index contributed by atoms with van der Waals surface area (Å²) in [6.07, 6.45) is 0.